The quantitative estimate of drug-likeness (QED) is 0.640. The van der Waals surface area contributed by atoms with Crippen molar-refractivity contribution in [2.45, 2.75) is 0 Å². The van der Waals surface area contributed by atoms with Gasteiger partial charge in [-0.25, -0.2) is 12.8 Å². The number of benzene rings is 1. The van der Waals surface area contributed by atoms with Gasteiger partial charge in [-0.2, -0.15) is 0 Å². The molecule has 2 nitrogen and oxygen atoms in total. The van der Waals surface area contributed by atoms with Crippen LogP contribution < -0.4 is 0 Å². The summed E-state index contributed by atoms with van der Waals surface area (Å²) in [5.74, 6) is 1.70. The Hall–Kier alpha value is -1.05. The topological polar surface area (TPSA) is 34.1 Å². The molecule has 0 unspecified atom stereocenters. The highest BCUT2D eigenvalue weighted by Crippen LogP contribution is 2.14. The molecule has 0 aromatic heterocycles. The van der Waals surface area contributed by atoms with Gasteiger partial charge in [0.1, 0.15) is 5.82 Å². The largest absolute Gasteiger partial charge is 0.216 e. The zero-order valence-corrected chi connectivity index (χ0v) is 8.79. The Labute approximate surface area is 86.6 Å². The van der Waals surface area contributed by atoms with Crippen molar-refractivity contribution in [1.82, 2.24) is 0 Å². The van der Waals surface area contributed by atoms with E-state index in [-0.39, 0.29) is 10.6 Å². The summed E-state index contributed by atoms with van der Waals surface area (Å²) < 4.78 is 34.2. The van der Waals surface area contributed by atoms with Gasteiger partial charge in [-0.1, -0.05) is 11.6 Å². The third-order valence-electron chi connectivity index (χ3n) is 1.30. The molecule has 0 N–H and O–H groups in total. The fraction of sp³-hybridized carbons (Fsp3) is 0.111. The van der Waals surface area contributed by atoms with Gasteiger partial charge in [0.15, 0.2) is 0 Å². The van der Waals surface area contributed by atoms with Crippen LogP contribution in [-0.4, -0.2) is 14.7 Å². The molecule has 0 spiro atoms. The van der Waals surface area contributed by atoms with Gasteiger partial charge in [-0.15, -0.1) is 0 Å². The summed E-state index contributed by atoms with van der Waals surface area (Å²) in [5, 5.41) is 1.98. The van der Waals surface area contributed by atoms with Crippen molar-refractivity contribution < 1.29 is 12.8 Å². The zero-order valence-electron chi connectivity index (χ0n) is 7.21. The molecule has 0 fully saturated rings. The molecule has 0 amide bonds. The van der Waals surface area contributed by atoms with Crippen molar-refractivity contribution in [3.05, 3.63) is 34.6 Å². The van der Waals surface area contributed by atoms with E-state index in [2.05, 4.69) is 5.92 Å². The number of sulfone groups is 1. The van der Waals surface area contributed by atoms with Crippen LogP contribution >= 0.6 is 11.6 Å². The maximum Gasteiger partial charge on any atom is 0.214 e. The highest BCUT2D eigenvalue weighted by molar-refractivity contribution is 7.95. The summed E-state index contributed by atoms with van der Waals surface area (Å²) in [6, 6.07) is 3.85. The molecule has 74 valence electrons. The Morgan fingerprint density at radius 1 is 1.43 bits per heavy atom. The number of rotatable bonds is 0. The van der Waals surface area contributed by atoms with Crippen LogP contribution in [0, 0.1) is 17.0 Å². The molecule has 14 heavy (non-hydrogen) atoms. The van der Waals surface area contributed by atoms with Crippen LogP contribution in [0.1, 0.15) is 5.56 Å². The van der Waals surface area contributed by atoms with E-state index in [0.717, 1.165) is 12.3 Å². The first kappa shape index (κ1) is 11.0. The highest BCUT2D eigenvalue weighted by Gasteiger charge is 1.99. The van der Waals surface area contributed by atoms with Crippen LogP contribution in [0.2, 0.25) is 5.02 Å². The zero-order chi connectivity index (χ0) is 10.8. The normalized spacial score (nSPS) is 10.5. The van der Waals surface area contributed by atoms with Gasteiger partial charge in [0.2, 0.25) is 9.84 Å². The lowest BCUT2D eigenvalue weighted by molar-refractivity contribution is 0.611. The van der Waals surface area contributed by atoms with Gasteiger partial charge < -0.3 is 0 Å². The van der Waals surface area contributed by atoms with E-state index in [4.69, 9.17) is 11.6 Å². The molecule has 0 aliphatic carbocycles. The Morgan fingerprint density at radius 2 is 2.07 bits per heavy atom. The molecule has 0 aliphatic heterocycles. The number of halogens is 2. The lowest BCUT2D eigenvalue weighted by Gasteiger charge is -1.93. The maximum absolute atomic E-state index is 12.8. The van der Waals surface area contributed by atoms with E-state index in [1.54, 1.807) is 0 Å². The van der Waals surface area contributed by atoms with Crippen molar-refractivity contribution in [3.8, 4) is 11.2 Å². The van der Waals surface area contributed by atoms with Crippen molar-refractivity contribution in [2.24, 2.45) is 0 Å². The minimum Gasteiger partial charge on any atom is -0.216 e. The Bertz CT molecular complexity index is 511. The molecular formula is C9H6ClFO2S. The van der Waals surface area contributed by atoms with Crippen molar-refractivity contribution in [2.75, 3.05) is 6.26 Å². The van der Waals surface area contributed by atoms with Crippen LogP contribution in [0.5, 0.6) is 0 Å². The third kappa shape index (κ3) is 3.36. The molecule has 1 aromatic rings. The van der Waals surface area contributed by atoms with Crippen LogP contribution in [-0.2, 0) is 9.84 Å². The van der Waals surface area contributed by atoms with E-state index >= 15 is 0 Å². The lowest BCUT2D eigenvalue weighted by Crippen LogP contribution is -1.89. The molecule has 0 saturated carbocycles. The first-order valence-electron chi connectivity index (χ1n) is 3.56. The standard InChI is InChI=1S/C9H6ClFO2S/c1-14(12,13)5-4-7-2-3-8(10)9(11)6-7/h2-3,6H,1H3. The monoisotopic (exact) mass is 232 g/mol. The first-order valence-corrected chi connectivity index (χ1v) is 5.83. The smallest absolute Gasteiger partial charge is 0.214 e. The SMILES string of the molecule is CS(=O)(=O)C#Cc1ccc(Cl)c(F)c1. The molecule has 0 radical (unpaired) electrons. The second kappa shape index (κ2) is 3.99. The van der Waals surface area contributed by atoms with Crippen LogP contribution in [0.15, 0.2) is 18.2 Å². The number of hydrogen-bond donors (Lipinski definition) is 0. The van der Waals surface area contributed by atoms with Crippen LogP contribution in [0.25, 0.3) is 0 Å². The minimum absolute atomic E-state index is 0.0186. The van der Waals surface area contributed by atoms with E-state index < -0.39 is 15.7 Å². The predicted octanol–water partition coefficient (Wildman–Crippen LogP) is 1.83. The summed E-state index contributed by atoms with van der Waals surface area (Å²) in [6.07, 6.45) is 0.978. The fourth-order valence-electron chi connectivity index (χ4n) is 0.726. The molecule has 0 bridgehead atoms. The molecule has 1 rings (SSSR count). The Morgan fingerprint density at radius 3 is 2.57 bits per heavy atom. The second-order valence-electron chi connectivity index (χ2n) is 2.63. The summed E-state index contributed by atoms with van der Waals surface area (Å²) in [4.78, 5) is 0. The van der Waals surface area contributed by atoms with Gasteiger partial charge in [-0.3, -0.25) is 0 Å². The third-order valence-corrected chi connectivity index (χ3v) is 2.08. The van der Waals surface area contributed by atoms with Gasteiger partial charge in [-0.05, 0) is 24.1 Å². The predicted molar refractivity (Wildman–Crippen MR) is 53.1 cm³/mol. The summed E-state index contributed by atoms with van der Waals surface area (Å²) >= 11 is 5.43. The fourth-order valence-corrected chi connectivity index (χ4v) is 1.15. The summed E-state index contributed by atoms with van der Waals surface area (Å²) in [7, 11) is -3.36. The van der Waals surface area contributed by atoms with E-state index in [1.807, 2.05) is 5.25 Å². The number of hydrogen-bond acceptors (Lipinski definition) is 2. The summed E-state index contributed by atoms with van der Waals surface area (Å²) in [6.45, 7) is 0. The average molecular weight is 233 g/mol. The molecule has 0 saturated heterocycles. The second-order valence-corrected chi connectivity index (χ2v) is 4.78. The molecule has 0 atom stereocenters. The van der Waals surface area contributed by atoms with Crippen molar-refractivity contribution >= 4 is 21.4 Å². The van der Waals surface area contributed by atoms with Crippen LogP contribution in [0.3, 0.4) is 0 Å². The molecule has 1 aromatic carbocycles. The minimum atomic E-state index is -3.36. The van der Waals surface area contributed by atoms with Crippen LogP contribution in [0.4, 0.5) is 4.39 Å². The molecular weight excluding hydrogens is 227 g/mol. The highest BCUT2D eigenvalue weighted by atomic mass is 35.5. The van der Waals surface area contributed by atoms with E-state index in [1.165, 1.54) is 12.1 Å². The molecule has 0 aliphatic rings. The molecule has 0 heterocycles. The van der Waals surface area contributed by atoms with E-state index in [0.29, 0.717) is 0 Å². The summed E-state index contributed by atoms with van der Waals surface area (Å²) in [5.41, 5.74) is 0.275. The van der Waals surface area contributed by atoms with Gasteiger partial charge in [0.05, 0.1) is 11.3 Å². The molecule has 5 heteroatoms. The van der Waals surface area contributed by atoms with E-state index in [9.17, 15) is 12.8 Å². The first-order chi connectivity index (χ1) is 6.38. The Balaban J connectivity index is 3.10. The van der Waals surface area contributed by atoms with Crippen molar-refractivity contribution in [3.63, 3.8) is 0 Å². The van der Waals surface area contributed by atoms with Crippen molar-refractivity contribution in [1.29, 1.82) is 0 Å². The van der Waals surface area contributed by atoms with Gasteiger partial charge >= 0.3 is 0 Å². The maximum atomic E-state index is 12.8. The Kier molecular flexibility index (Phi) is 3.14. The van der Waals surface area contributed by atoms with Gasteiger partial charge in [0.25, 0.3) is 0 Å². The van der Waals surface area contributed by atoms with Gasteiger partial charge in [0, 0.05) is 10.8 Å². The lowest BCUT2D eigenvalue weighted by atomic mass is 10.2. The average Bonchev–Trinajstić information content (AvgIpc) is 2.06.